The molecule has 1 aliphatic heterocycles. The normalized spacial score (nSPS) is 25.8. The summed E-state index contributed by atoms with van der Waals surface area (Å²) in [6, 6.07) is 10.2. The number of carbonyl (C=O) groups excluding carboxylic acids is 2. The standard InChI is InChI=1S/C26H42N4O3/c1-20(31)30-13-12-24(29(14-15-33-2)19-23-6-4-3-5-7-23)16-25(30)26(32)28-18-22-10-8-21(17-27)9-11-22/h3-7,21-22,24-25H,8-19,27H2,1-2H3,(H,28,32)/t21?,22?,24?,25-/m1/s1. The molecule has 1 aromatic carbocycles. The minimum absolute atomic E-state index is 0.0118. The molecule has 3 N–H and O–H groups in total. The average Bonchev–Trinajstić information content (AvgIpc) is 2.85. The number of nitrogens with one attached hydrogen (secondary N) is 1. The lowest BCUT2D eigenvalue weighted by Crippen LogP contribution is -2.57. The second kappa shape index (κ2) is 13.1. The summed E-state index contributed by atoms with van der Waals surface area (Å²) >= 11 is 0. The van der Waals surface area contributed by atoms with Crippen LogP contribution >= 0.6 is 0 Å². The predicted octanol–water partition coefficient (Wildman–Crippen LogP) is 2.40. The fourth-order valence-corrected chi connectivity index (χ4v) is 5.36. The Bertz CT molecular complexity index is 736. The number of hydrogen-bond acceptors (Lipinski definition) is 5. The fourth-order valence-electron chi connectivity index (χ4n) is 5.36. The number of carbonyl (C=O) groups is 2. The lowest BCUT2D eigenvalue weighted by molar-refractivity contribution is -0.142. The van der Waals surface area contributed by atoms with Gasteiger partial charge < -0.3 is 20.7 Å². The molecular weight excluding hydrogens is 416 g/mol. The zero-order chi connectivity index (χ0) is 23.6. The Morgan fingerprint density at radius 2 is 1.82 bits per heavy atom. The summed E-state index contributed by atoms with van der Waals surface area (Å²) in [6.07, 6.45) is 6.05. The third-order valence-corrected chi connectivity index (χ3v) is 7.47. The Balaban J connectivity index is 1.62. The molecule has 1 unspecified atom stereocenters. The molecule has 7 heteroatoms. The van der Waals surface area contributed by atoms with E-state index in [9.17, 15) is 9.59 Å². The third kappa shape index (κ3) is 7.52. The summed E-state index contributed by atoms with van der Waals surface area (Å²) in [4.78, 5) is 29.7. The molecule has 0 spiro atoms. The van der Waals surface area contributed by atoms with Gasteiger partial charge in [-0.1, -0.05) is 30.3 Å². The van der Waals surface area contributed by atoms with E-state index < -0.39 is 6.04 Å². The van der Waals surface area contributed by atoms with E-state index >= 15 is 0 Å². The monoisotopic (exact) mass is 458 g/mol. The number of benzene rings is 1. The van der Waals surface area contributed by atoms with Crippen molar-refractivity contribution in [1.29, 1.82) is 0 Å². The number of hydrogen-bond donors (Lipinski definition) is 2. The third-order valence-electron chi connectivity index (χ3n) is 7.47. The van der Waals surface area contributed by atoms with Crippen LogP contribution in [0.25, 0.3) is 0 Å². The second-order valence-electron chi connectivity index (χ2n) is 9.72. The van der Waals surface area contributed by atoms with Crippen molar-refractivity contribution in [3.63, 3.8) is 0 Å². The lowest BCUT2D eigenvalue weighted by Gasteiger charge is -2.42. The number of nitrogens with two attached hydrogens (primary N) is 1. The molecule has 33 heavy (non-hydrogen) atoms. The van der Waals surface area contributed by atoms with Gasteiger partial charge in [-0.3, -0.25) is 14.5 Å². The lowest BCUT2D eigenvalue weighted by atomic mass is 9.82. The van der Waals surface area contributed by atoms with Crippen molar-refractivity contribution in [2.45, 2.75) is 64.1 Å². The van der Waals surface area contributed by atoms with E-state index in [0.29, 0.717) is 38.0 Å². The van der Waals surface area contributed by atoms with Gasteiger partial charge in [0.15, 0.2) is 0 Å². The highest BCUT2D eigenvalue weighted by Crippen LogP contribution is 2.28. The van der Waals surface area contributed by atoms with Crippen LogP contribution in [0.4, 0.5) is 0 Å². The molecular formula is C26H42N4O3. The van der Waals surface area contributed by atoms with Gasteiger partial charge in [0.05, 0.1) is 6.61 Å². The highest BCUT2D eigenvalue weighted by Gasteiger charge is 2.37. The van der Waals surface area contributed by atoms with Crippen LogP contribution in [0.5, 0.6) is 0 Å². The van der Waals surface area contributed by atoms with Crippen LogP contribution in [0.2, 0.25) is 0 Å². The maximum absolute atomic E-state index is 13.2. The minimum Gasteiger partial charge on any atom is -0.383 e. The molecule has 2 aliphatic rings. The molecule has 2 fully saturated rings. The van der Waals surface area contributed by atoms with E-state index in [4.69, 9.17) is 10.5 Å². The molecule has 1 saturated heterocycles. The van der Waals surface area contributed by atoms with Crippen molar-refractivity contribution in [2.24, 2.45) is 17.6 Å². The van der Waals surface area contributed by atoms with Crippen molar-refractivity contribution >= 4 is 11.8 Å². The molecule has 0 radical (unpaired) electrons. The molecule has 1 aliphatic carbocycles. The van der Waals surface area contributed by atoms with Crippen molar-refractivity contribution in [2.75, 3.05) is 39.9 Å². The van der Waals surface area contributed by atoms with E-state index in [1.54, 1.807) is 18.9 Å². The van der Waals surface area contributed by atoms with Gasteiger partial charge in [0.2, 0.25) is 11.8 Å². The number of piperidine rings is 1. The van der Waals surface area contributed by atoms with Gasteiger partial charge in [0, 0.05) is 46.3 Å². The Hall–Kier alpha value is -1.96. The molecule has 7 nitrogen and oxygen atoms in total. The largest absolute Gasteiger partial charge is 0.383 e. The van der Waals surface area contributed by atoms with Gasteiger partial charge in [-0.2, -0.15) is 0 Å². The molecule has 1 saturated carbocycles. The maximum atomic E-state index is 13.2. The van der Waals surface area contributed by atoms with Crippen LogP contribution in [0.15, 0.2) is 30.3 Å². The van der Waals surface area contributed by atoms with Crippen molar-refractivity contribution in [3.05, 3.63) is 35.9 Å². The van der Waals surface area contributed by atoms with Crippen LogP contribution in [0.1, 0.15) is 51.0 Å². The zero-order valence-corrected chi connectivity index (χ0v) is 20.4. The number of nitrogens with zero attached hydrogens (tertiary/aromatic N) is 2. The Morgan fingerprint density at radius 1 is 1.12 bits per heavy atom. The molecule has 2 amide bonds. The first-order valence-electron chi connectivity index (χ1n) is 12.5. The smallest absolute Gasteiger partial charge is 0.242 e. The van der Waals surface area contributed by atoms with Gasteiger partial charge in [0.25, 0.3) is 0 Å². The summed E-state index contributed by atoms with van der Waals surface area (Å²) in [5, 5.41) is 3.18. The quantitative estimate of drug-likeness (QED) is 0.562. The van der Waals surface area contributed by atoms with E-state index in [1.165, 1.54) is 5.56 Å². The number of ether oxygens (including phenoxy) is 1. The summed E-state index contributed by atoms with van der Waals surface area (Å²) in [7, 11) is 1.72. The van der Waals surface area contributed by atoms with Crippen molar-refractivity contribution in [1.82, 2.24) is 15.1 Å². The van der Waals surface area contributed by atoms with Gasteiger partial charge in [-0.05, 0) is 62.5 Å². The average molecular weight is 459 g/mol. The summed E-state index contributed by atoms with van der Waals surface area (Å²) in [5.74, 6) is 1.11. The first-order chi connectivity index (χ1) is 16.0. The summed E-state index contributed by atoms with van der Waals surface area (Å²) in [5.41, 5.74) is 7.06. The van der Waals surface area contributed by atoms with Crippen LogP contribution in [-0.2, 0) is 20.9 Å². The van der Waals surface area contributed by atoms with Gasteiger partial charge >= 0.3 is 0 Å². The van der Waals surface area contributed by atoms with E-state index in [1.807, 2.05) is 6.07 Å². The fraction of sp³-hybridized carbons (Fsp3) is 0.692. The number of likely N-dealkylation sites (tertiary alicyclic amines) is 1. The molecule has 0 bridgehead atoms. The molecule has 3 rings (SSSR count). The maximum Gasteiger partial charge on any atom is 0.242 e. The topological polar surface area (TPSA) is 87.9 Å². The van der Waals surface area contributed by atoms with E-state index in [0.717, 1.165) is 51.7 Å². The molecule has 184 valence electrons. The number of rotatable bonds is 10. The Kier molecular flexibility index (Phi) is 10.2. The van der Waals surface area contributed by atoms with E-state index in [-0.39, 0.29) is 17.9 Å². The highest BCUT2D eigenvalue weighted by atomic mass is 16.5. The molecule has 1 heterocycles. The number of amides is 2. The highest BCUT2D eigenvalue weighted by molar-refractivity contribution is 5.87. The van der Waals surface area contributed by atoms with Crippen LogP contribution in [-0.4, -0.2) is 73.6 Å². The number of methoxy groups -OCH3 is 1. The summed E-state index contributed by atoms with van der Waals surface area (Å²) < 4.78 is 5.36. The molecule has 0 aromatic heterocycles. The Morgan fingerprint density at radius 3 is 2.45 bits per heavy atom. The molecule has 1 aromatic rings. The van der Waals surface area contributed by atoms with Crippen molar-refractivity contribution < 1.29 is 14.3 Å². The predicted molar refractivity (Wildman–Crippen MR) is 130 cm³/mol. The van der Waals surface area contributed by atoms with Crippen LogP contribution in [0, 0.1) is 11.8 Å². The van der Waals surface area contributed by atoms with Crippen LogP contribution in [0.3, 0.4) is 0 Å². The zero-order valence-electron chi connectivity index (χ0n) is 20.4. The first kappa shape index (κ1) is 25.7. The van der Waals surface area contributed by atoms with Gasteiger partial charge in [0.1, 0.15) is 6.04 Å². The summed E-state index contributed by atoms with van der Waals surface area (Å²) in [6.45, 7) is 5.89. The van der Waals surface area contributed by atoms with Gasteiger partial charge in [-0.25, -0.2) is 0 Å². The van der Waals surface area contributed by atoms with Gasteiger partial charge in [-0.15, -0.1) is 0 Å². The van der Waals surface area contributed by atoms with E-state index in [2.05, 4.69) is 34.5 Å². The molecule has 2 atom stereocenters. The Labute approximate surface area is 199 Å². The van der Waals surface area contributed by atoms with Crippen molar-refractivity contribution in [3.8, 4) is 0 Å². The second-order valence-corrected chi connectivity index (χ2v) is 9.72. The first-order valence-corrected chi connectivity index (χ1v) is 12.5. The van der Waals surface area contributed by atoms with Crippen LogP contribution < -0.4 is 11.1 Å². The SMILES string of the molecule is COCCN(Cc1ccccc1)C1CCN(C(C)=O)[C@@H](C(=O)NCC2CCC(CN)CC2)C1. The minimum atomic E-state index is -0.414.